The quantitative estimate of drug-likeness (QED) is 0.287. The van der Waals surface area contributed by atoms with E-state index in [9.17, 15) is 28.4 Å². The lowest BCUT2D eigenvalue weighted by molar-refractivity contribution is -0.0204. The molecule has 1 aliphatic heterocycles. The van der Waals surface area contributed by atoms with Gasteiger partial charge in [-0.1, -0.05) is 0 Å². The van der Waals surface area contributed by atoms with Crippen molar-refractivity contribution in [1.29, 1.82) is 0 Å². The lowest BCUT2D eigenvalue weighted by Gasteiger charge is -2.20. The third-order valence-corrected chi connectivity index (χ3v) is 9.03. The first-order valence-electron chi connectivity index (χ1n) is 9.09. The number of anilines is 1. The zero-order valence-electron chi connectivity index (χ0n) is 16.5. The summed E-state index contributed by atoms with van der Waals surface area (Å²) in [5.41, 5.74) is 6.59. The Kier molecular flexibility index (Phi) is 6.55. The summed E-state index contributed by atoms with van der Waals surface area (Å²) in [5, 5.41) is 0. The van der Waals surface area contributed by atoms with Gasteiger partial charge in [0.25, 0.3) is 0 Å². The maximum Gasteiger partial charge on any atom is 0.489 e. The first-order chi connectivity index (χ1) is 15.5. The van der Waals surface area contributed by atoms with Gasteiger partial charge < -0.3 is 25.2 Å². The molecule has 17 nitrogen and oxygen atoms in total. The molecular weight excluding hydrogens is 507 g/mol. The highest BCUT2D eigenvalue weighted by atomic mass is 31.3. The van der Waals surface area contributed by atoms with E-state index in [2.05, 4.69) is 28.6 Å². The van der Waals surface area contributed by atoms with Gasteiger partial charge in [-0.15, -0.1) is 0 Å². The second kappa shape index (κ2) is 8.96. The van der Waals surface area contributed by atoms with Gasteiger partial charge in [0.1, 0.15) is 24.4 Å². The summed E-state index contributed by atoms with van der Waals surface area (Å²) in [7, 11) is -15.6. The van der Waals surface area contributed by atoms with Crippen molar-refractivity contribution in [3.63, 3.8) is 0 Å². The van der Waals surface area contributed by atoms with E-state index in [1.165, 1.54) is 12.7 Å². The van der Waals surface area contributed by atoms with Crippen molar-refractivity contribution >= 4 is 40.4 Å². The normalized spacial score (nSPS) is 24.3. The molecule has 0 aliphatic carbocycles. The van der Waals surface area contributed by atoms with Crippen molar-refractivity contribution in [3.8, 4) is 0 Å². The Morgan fingerprint density at radius 2 is 1.88 bits per heavy atom. The van der Waals surface area contributed by atoms with Gasteiger partial charge in [-0.05, 0) is 12.8 Å². The van der Waals surface area contributed by atoms with E-state index in [-0.39, 0.29) is 5.82 Å². The van der Waals surface area contributed by atoms with Gasteiger partial charge in [0, 0.05) is 12.4 Å². The van der Waals surface area contributed by atoms with E-state index in [1.54, 1.807) is 4.57 Å². The summed E-state index contributed by atoms with van der Waals surface area (Å²) in [4.78, 5) is 44.7. The number of ether oxygens (including phenoxy) is 1. The Labute approximate surface area is 185 Å². The number of rotatable bonds is 9. The number of hydrogen-bond donors (Lipinski definition) is 4. The minimum Gasteiger partial charge on any atom is -0.382 e. The molecule has 180 valence electrons. The fourth-order valence-electron chi connectivity index (χ4n) is 3.02. The van der Waals surface area contributed by atoms with Crippen LogP contribution in [0.15, 0.2) is 31.4 Å². The first kappa shape index (κ1) is 24.1. The number of nitrogens with zero attached hydrogens (tertiary/aromatic N) is 6. The molecule has 0 saturated carbocycles. The number of nitrogens with two attached hydrogens (primary N) is 1. The molecule has 33 heavy (non-hydrogen) atoms. The number of nitrogen functional groups attached to an aromatic ring is 1. The number of phosphoric ester groups is 1. The van der Waals surface area contributed by atoms with Crippen molar-refractivity contribution in [2.75, 3.05) is 12.3 Å². The van der Waals surface area contributed by atoms with E-state index in [1.807, 2.05) is 0 Å². The van der Waals surface area contributed by atoms with Gasteiger partial charge in [-0.25, -0.2) is 38.0 Å². The van der Waals surface area contributed by atoms with E-state index < -0.39 is 42.3 Å². The van der Waals surface area contributed by atoms with Crippen LogP contribution >= 0.6 is 23.4 Å². The largest absolute Gasteiger partial charge is 0.489 e. The smallest absolute Gasteiger partial charge is 0.382 e. The van der Waals surface area contributed by atoms with Gasteiger partial charge in [-0.2, -0.15) is 8.62 Å². The Morgan fingerprint density at radius 3 is 2.61 bits per heavy atom. The van der Waals surface area contributed by atoms with Gasteiger partial charge in [0.2, 0.25) is 0 Å². The SMILES string of the molecule is Nc1ncnc2c1ncn2[C@H]1CC[C@@H](COP(=O)(O)OP(=O)(O)OP(=O)(O)n2ccnc2)O1. The van der Waals surface area contributed by atoms with Crippen molar-refractivity contribution in [3.05, 3.63) is 31.4 Å². The monoisotopic (exact) mass is 525 g/mol. The Hall–Kier alpha value is -2.03. The van der Waals surface area contributed by atoms with Crippen LogP contribution in [0, 0.1) is 0 Å². The van der Waals surface area contributed by atoms with Crippen LogP contribution in [0.25, 0.3) is 11.2 Å². The third kappa shape index (κ3) is 5.55. The molecule has 0 amide bonds. The molecule has 0 radical (unpaired) electrons. The molecule has 5 N–H and O–H groups in total. The fourth-order valence-corrected chi connectivity index (χ4v) is 6.82. The highest BCUT2D eigenvalue weighted by molar-refractivity contribution is 7.67. The van der Waals surface area contributed by atoms with E-state index in [0.29, 0.717) is 28.3 Å². The topological polar surface area (TPSA) is 236 Å². The summed E-state index contributed by atoms with van der Waals surface area (Å²) >= 11 is 0. The molecule has 3 aromatic rings. The molecule has 20 heteroatoms. The van der Waals surface area contributed by atoms with E-state index in [4.69, 9.17) is 15.0 Å². The summed E-state index contributed by atoms with van der Waals surface area (Å²) in [5.74, 6) is 0.200. The molecule has 1 fully saturated rings. The summed E-state index contributed by atoms with van der Waals surface area (Å²) in [6.45, 7) is -0.494. The van der Waals surface area contributed by atoms with Crippen LogP contribution in [0.4, 0.5) is 5.82 Å². The number of phosphoric acid groups is 2. The maximum atomic E-state index is 12.1. The molecule has 0 spiro atoms. The van der Waals surface area contributed by atoms with Gasteiger partial charge >= 0.3 is 23.4 Å². The van der Waals surface area contributed by atoms with Crippen molar-refractivity contribution in [2.45, 2.75) is 25.2 Å². The average Bonchev–Trinajstić information content (AvgIpc) is 3.45. The standard InChI is InChI=1S/C13H18N7O10P3/c14-12-11-13(17-6-16-12)20(8-18-11)10-2-1-9(28-10)5-27-32(23,24)30-33(25,26)29-31(21,22)19-4-3-15-7-19/h3-4,6-10H,1-2,5H2,(H,21,22)(H,23,24)(H,25,26)(H2,14,16,17)/t9-,10+/m0/s1. The van der Waals surface area contributed by atoms with Gasteiger partial charge in [0.15, 0.2) is 11.5 Å². The lowest BCUT2D eigenvalue weighted by atomic mass is 10.2. The van der Waals surface area contributed by atoms with Crippen molar-refractivity contribution < 1.29 is 46.3 Å². The van der Waals surface area contributed by atoms with Crippen molar-refractivity contribution in [2.24, 2.45) is 0 Å². The van der Waals surface area contributed by atoms with Gasteiger partial charge in [0.05, 0.1) is 19.0 Å². The van der Waals surface area contributed by atoms with Crippen LogP contribution in [-0.4, -0.2) is 56.2 Å². The van der Waals surface area contributed by atoms with Crippen LogP contribution < -0.4 is 5.73 Å². The van der Waals surface area contributed by atoms with Gasteiger partial charge in [-0.3, -0.25) is 9.09 Å². The zero-order valence-corrected chi connectivity index (χ0v) is 19.1. The number of aromatic nitrogens is 6. The molecule has 4 rings (SSSR count). The zero-order chi connectivity index (χ0) is 23.9. The third-order valence-electron chi connectivity index (χ3n) is 4.40. The molecule has 3 unspecified atom stereocenters. The summed E-state index contributed by atoms with van der Waals surface area (Å²) < 4.78 is 56.9. The maximum absolute atomic E-state index is 12.1. The van der Waals surface area contributed by atoms with Crippen LogP contribution in [-0.2, 0) is 31.6 Å². The molecule has 0 bridgehead atoms. The fraction of sp³-hybridized carbons (Fsp3) is 0.385. The average molecular weight is 525 g/mol. The number of hydrogen-bond acceptors (Lipinski definition) is 12. The van der Waals surface area contributed by atoms with Crippen molar-refractivity contribution in [1.82, 2.24) is 28.8 Å². The Balaban J connectivity index is 1.34. The summed E-state index contributed by atoms with van der Waals surface area (Å²) in [6.07, 6.45) is 5.32. The number of fused-ring (bicyclic) bond motifs is 1. The lowest BCUT2D eigenvalue weighted by Crippen LogP contribution is -2.16. The Bertz CT molecular complexity index is 1280. The molecular formula is C13H18N7O10P3. The second-order valence-electron chi connectivity index (χ2n) is 6.70. The predicted octanol–water partition coefficient (Wildman–Crippen LogP) is 1.18. The Morgan fingerprint density at radius 1 is 1.09 bits per heavy atom. The molecule has 3 aromatic heterocycles. The van der Waals surface area contributed by atoms with Crippen LogP contribution in [0.3, 0.4) is 0 Å². The van der Waals surface area contributed by atoms with Crippen LogP contribution in [0.5, 0.6) is 0 Å². The molecule has 5 atom stereocenters. The highest BCUT2D eigenvalue weighted by Gasteiger charge is 2.42. The first-order valence-corrected chi connectivity index (χ1v) is 13.6. The highest BCUT2D eigenvalue weighted by Crippen LogP contribution is 2.67. The van der Waals surface area contributed by atoms with Crippen LogP contribution in [0.2, 0.25) is 0 Å². The second-order valence-corrected chi connectivity index (χ2v) is 11.6. The van der Waals surface area contributed by atoms with Crippen LogP contribution in [0.1, 0.15) is 19.1 Å². The minimum absolute atomic E-state index is 0.200. The van der Waals surface area contributed by atoms with E-state index in [0.717, 1.165) is 18.7 Å². The molecule has 0 aromatic carbocycles. The predicted molar refractivity (Wildman–Crippen MR) is 108 cm³/mol. The molecule has 4 heterocycles. The van der Waals surface area contributed by atoms with E-state index >= 15 is 0 Å². The summed E-state index contributed by atoms with van der Waals surface area (Å²) in [6, 6.07) is 0. The minimum atomic E-state index is -5.50. The molecule has 1 aliphatic rings. The molecule has 1 saturated heterocycles. The number of imidazole rings is 2.